The van der Waals surface area contributed by atoms with Crippen molar-refractivity contribution in [2.45, 2.75) is 44.2 Å². The van der Waals surface area contributed by atoms with E-state index in [4.69, 9.17) is 51.6 Å². The summed E-state index contributed by atoms with van der Waals surface area (Å²) in [5.41, 5.74) is 6.35. The van der Waals surface area contributed by atoms with Crippen LogP contribution in [0.25, 0.3) is 0 Å². The summed E-state index contributed by atoms with van der Waals surface area (Å²) in [6.07, 6.45) is 3.61. The summed E-state index contributed by atoms with van der Waals surface area (Å²) in [5, 5.41) is 0.870. The summed E-state index contributed by atoms with van der Waals surface area (Å²) in [4.78, 5) is 18.5. The lowest BCUT2D eigenvalue weighted by Crippen LogP contribution is -2.34. The Labute approximate surface area is 337 Å². The fourth-order valence-electron chi connectivity index (χ4n) is 8.23. The molecule has 0 spiro atoms. The molecule has 4 heterocycles. The highest BCUT2D eigenvalue weighted by atomic mass is 35.5. The molecule has 0 unspecified atom stereocenters. The molecule has 4 aliphatic heterocycles. The molecule has 0 fully saturated rings. The Morgan fingerprint density at radius 2 is 1.43 bits per heavy atom. The van der Waals surface area contributed by atoms with Crippen LogP contribution >= 0.6 is 23.2 Å². The van der Waals surface area contributed by atoms with Gasteiger partial charge in [0.25, 0.3) is 0 Å². The summed E-state index contributed by atoms with van der Waals surface area (Å²) in [6.45, 7) is 1.59. The van der Waals surface area contributed by atoms with Crippen molar-refractivity contribution in [3.8, 4) is 46.0 Å². The number of aryl methyl sites for hydroxylation is 1. The van der Waals surface area contributed by atoms with Crippen LogP contribution in [0.3, 0.4) is 0 Å². The SMILES string of the molecule is COc1cc(Cl)c2cc1Oc1ccc(cc1)CC[C@H]1c3cc(c(OC)cc3CCN1C)Oc1c(OC(=O)c3ccccc3)c(OC)c(Cl)c3c1[C@H](C2)N(C)CC3. The molecular weight excluding hydrogens is 751 g/mol. The van der Waals surface area contributed by atoms with E-state index >= 15 is 0 Å². The van der Waals surface area contributed by atoms with Gasteiger partial charge in [-0.3, -0.25) is 9.80 Å². The van der Waals surface area contributed by atoms with E-state index in [1.807, 2.05) is 24.3 Å². The van der Waals surface area contributed by atoms with Crippen LogP contribution in [0.5, 0.6) is 46.0 Å². The van der Waals surface area contributed by atoms with E-state index in [2.05, 4.69) is 48.2 Å². The monoisotopic (exact) mass is 794 g/mol. The van der Waals surface area contributed by atoms with Crippen LogP contribution in [-0.4, -0.2) is 64.3 Å². The van der Waals surface area contributed by atoms with E-state index in [1.165, 1.54) is 18.2 Å². The number of nitrogens with zero attached hydrogens (tertiary/aromatic N) is 2. The summed E-state index contributed by atoms with van der Waals surface area (Å²) in [5.74, 6) is 2.82. The predicted octanol–water partition coefficient (Wildman–Crippen LogP) is 10.1. The first-order valence-electron chi connectivity index (χ1n) is 18.8. The standard InChI is InChI=1S/C45H44Cl2N2O7/c1-48-19-17-28-22-36(51-3)39-24-32(28)34(48)16-13-26-11-14-30(15-12-26)54-38-23-29(33(46)25-37(38)52-4)21-35-40-31(18-20-49(35)2)41(47)43(53-5)44(42(40)55-39)56-45(50)27-9-7-6-8-10-27/h6-12,14-15,22-25,34-35H,13,16-21H2,1-5H3/t34-,35-/m0/s1. The molecule has 56 heavy (non-hydrogen) atoms. The largest absolute Gasteiger partial charge is 0.493 e. The smallest absolute Gasteiger partial charge is 0.343 e. The van der Waals surface area contributed by atoms with Gasteiger partial charge in [0.2, 0.25) is 5.75 Å². The second-order valence-electron chi connectivity index (χ2n) is 14.5. The van der Waals surface area contributed by atoms with Gasteiger partial charge in [-0.2, -0.15) is 0 Å². The third-order valence-electron chi connectivity index (χ3n) is 11.3. The van der Waals surface area contributed by atoms with Crippen molar-refractivity contribution in [3.05, 3.63) is 128 Å². The number of methoxy groups -OCH3 is 3. The molecule has 9 rings (SSSR count). The molecule has 0 N–H and O–H groups in total. The van der Waals surface area contributed by atoms with Gasteiger partial charge in [-0.1, -0.05) is 53.5 Å². The molecule has 5 aromatic carbocycles. The van der Waals surface area contributed by atoms with Gasteiger partial charge < -0.3 is 28.4 Å². The molecule has 0 amide bonds. The molecule has 0 radical (unpaired) electrons. The number of hydrogen-bond donors (Lipinski definition) is 0. The lowest BCUT2D eigenvalue weighted by molar-refractivity contribution is 0.0724. The maximum absolute atomic E-state index is 13.9. The molecule has 0 saturated carbocycles. The van der Waals surface area contributed by atoms with Crippen LogP contribution in [0.4, 0.5) is 0 Å². The quantitative estimate of drug-likeness (QED) is 0.128. The number of benzene rings is 5. The number of rotatable bonds is 5. The molecule has 0 aromatic heterocycles. The van der Waals surface area contributed by atoms with Gasteiger partial charge in [0.05, 0.1) is 31.9 Å². The zero-order chi connectivity index (χ0) is 39.1. The summed E-state index contributed by atoms with van der Waals surface area (Å²) >= 11 is 14.3. The fraction of sp³-hybridized carbons (Fsp3) is 0.311. The van der Waals surface area contributed by atoms with Crippen molar-refractivity contribution >= 4 is 29.2 Å². The Morgan fingerprint density at radius 1 is 0.732 bits per heavy atom. The summed E-state index contributed by atoms with van der Waals surface area (Å²) in [7, 11) is 8.97. The third-order valence-corrected chi connectivity index (χ3v) is 12.1. The summed E-state index contributed by atoms with van der Waals surface area (Å²) in [6, 6.07) is 24.7. The number of carbonyl (C=O) groups is 1. The first kappa shape index (κ1) is 38.0. The summed E-state index contributed by atoms with van der Waals surface area (Å²) < 4.78 is 37.7. The van der Waals surface area contributed by atoms with Gasteiger partial charge >= 0.3 is 5.97 Å². The highest BCUT2D eigenvalue weighted by Gasteiger charge is 2.38. The number of fused-ring (bicyclic) bond motifs is 3. The van der Waals surface area contributed by atoms with E-state index in [-0.39, 0.29) is 23.6 Å². The Hall–Kier alpha value is -4.93. The Morgan fingerprint density at radius 3 is 2.16 bits per heavy atom. The Balaban J connectivity index is 1.38. The molecule has 6 bridgehead atoms. The Kier molecular flexibility index (Phi) is 10.8. The fourth-order valence-corrected chi connectivity index (χ4v) is 8.82. The van der Waals surface area contributed by atoms with Gasteiger partial charge in [0.1, 0.15) is 5.75 Å². The molecule has 9 nitrogen and oxygen atoms in total. The second-order valence-corrected chi connectivity index (χ2v) is 15.3. The lowest BCUT2D eigenvalue weighted by Gasteiger charge is -2.38. The van der Waals surface area contributed by atoms with Gasteiger partial charge in [-0.05, 0) is 116 Å². The first-order chi connectivity index (χ1) is 27.2. The second kappa shape index (κ2) is 15.9. The van der Waals surface area contributed by atoms with Crippen molar-refractivity contribution in [2.75, 3.05) is 48.5 Å². The highest BCUT2D eigenvalue weighted by molar-refractivity contribution is 6.33. The van der Waals surface area contributed by atoms with Gasteiger partial charge in [-0.15, -0.1) is 0 Å². The average Bonchev–Trinajstić information content (AvgIpc) is 3.21. The molecule has 11 heteroatoms. The Bertz CT molecular complexity index is 2280. The number of esters is 1. The van der Waals surface area contributed by atoms with Crippen LogP contribution in [0, 0.1) is 0 Å². The highest BCUT2D eigenvalue weighted by Crippen LogP contribution is 2.55. The first-order valence-corrected chi connectivity index (χ1v) is 19.5. The minimum absolute atomic E-state index is 0.0797. The number of ether oxygens (including phenoxy) is 6. The van der Waals surface area contributed by atoms with E-state index in [0.29, 0.717) is 69.5 Å². The minimum Gasteiger partial charge on any atom is -0.493 e. The molecule has 2 atom stereocenters. The van der Waals surface area contributed by atoms with Gasteiger partial charge in [0.15, 0.2) is 34.5 Å². The van der Waals surface area contributed by atoms with Crippen LogP contribution < -0.4 is 28.4 Å². The number of hydrogen-bond acceptors (Lipinski definition) is 9. The van der Waals surface area contributed by atoms with Crippen molar-refractivity contribution in [1.29, 1.82) is 0 Å². The van der Waals surface area contributed by atoms with Crippen molar-refractivity contribution in [1.82, 2.24) is 9.80 Å². The number of halogens is 2. The van der Waals surface area contributed by atoms with Crippen LogP contribution in [0.15, 0.2) is 78.9 Å². The van der Waals surface area contributed by atoms with E-state index < -0.39 is 5.97 Å². The van der Waals surface area contributed by atoms with Crippen LogP contribution in [0.1, 0.15) is 62.2 Å². The predicted molar refractivity (Wildman–Crippen MR) is 217 cm³/mol. The van der Waals surface area contributed by atoms with E-state index in [9.17, 15) is 4.79 Å². The number of likely N-dealkylation sites (N-methyl/N-ethyl adjacent to an activating group) is 2. The molecule has 5 aromatic rings. The van der Waals surface area contributed by atoms with Crippen molar-refractivity contribution < 1.29 is 33.2 Å². The van der Waals surface area contributed by atoms with E-state index in [1.54, 1.807) is 44.6 Å². The van der Waals surface area contributed by atoms with Gasteiger partial charge in [-0.25, -0.2) is 4.79 Å². The van der Waals surface area contributed by atoms with Crippen LogP contribution in [0.2, 0.25) is 10.0 Å². The topological polar surface area (TPSA) is 78.9 Å². The molecular formula is C45H44Cl2N2O7. The molecule has 0 saturated heterocycles. The normalized spacial score (nSPS) is 18.0. The van der Waals surface area contributed by atoms with Crippen molar-refractivity contribution in [3.63, 3.8) is 0 Å². The maximum Gasteiger partial charge on any atom is 0.343 e. The van der Waals surface area contributed by atoms with E-state index in [0.717, 1.165) is 48.1 Å². The molecule has 4 aliphatic rings. The zero-order valence-corrected chi connectivity index (χ0v) is 33.6. The number of carbonyl (C=O) groups excluding carboxylic acids is 1. The molecule has 290 valence electrons. The lowest BCUT2D eigenvalue weighted by atomic mass is 9.87. The van der Waals surface area contributed by atoms with Crippen molar-refractivity contribution in [2.24, 2.45) is 0 Å². The average molecular weight is 796 g/mol. The third kappa shape index (κ3) is 7.13. The molecule has 0 aliphatic carbocycles. The maximum atomic E-state index is 13.9. The zero-order valence-electron chi connectivity index (χ0n) is 32.1. The van der Waals surface area contributed by atoms with Gasteiger partial charge in [0, 0.05) is 41.8 Å². The minimum atomic E-state index is -0.582. The van der Waals surface area contributed by atoms with Crippen LogP contribution in [-0.2, 0) is 25.7 Å².